The first-order valence-electron chi connectivity index (χ1n) is 8.02. The van der Waals surface area contributed by atoms with E-state index < -0.39 is 5.92 Å². The maximum Gasteiger partial charge on any atom is 0.253 e. The third-order valence-corrected chi connectivity index (χ3v) is 4.87. The minimum atomic E-state index is -0.420. The molecule has 6 nitrogen and oxygen atoms in total. The van der Waals surface area contributed by atoms with Gasteiger partial charge in [-0.3, -0.25) is 4.79 Å². The Balaban J connectivity index is 1.94. The van der Waals surface area contributed by atoms with Crippen LogP contribution in [0.3, 0.4) is 0 Å². The molecule has 0 radical (unpaired) electrons. The zero-order chi connectivity index (χ0) is 17.6. The second kappa shape index (κ2) is 5.77. The molecule has 4 N–H and O–H groups in total. The molecule has 0 spiro atoms. The Morgan fingerprint density at radius 2 is 2.04 bits per heavy atom. The van der Waals surface area contributed by atoms with Gasteiger partial charge in [0.2, 0.25) is 0 Å². The number of carbonyl (C=O) groups is 1. The molecule has 4 rings (SSSR count). The molecule has 2 unspecified atom stereocenters. The molecule has 2 aliphatic rings. The lowest BCUT2D eigenvalue weighted by Crippen LogP contribution is -2.35. The molecule has 25 heavy (non-hydrogen) atoms. The Kier molecular flexibility index (Phi) is 3.56. The maximum absolute atomic E-state index is 13.4. The highest BCUT2D eigenvalue weighted by atomic mass is 19.1. The molecule has 2 aromatic rings. The fourth-order valence-corrected chi connectivity index (χ4v) is 3.86. The van der Waals surface area contributed by atoms with Crippen molar-refractivity contribution >= 4 is 17.4 Å². The van der Waals surface area contributed by atoms with Gasteiger partial charge < -0.3 is 21.2 Å². The largest absolute Gasteiger partial charge is 0.409 e. The number of amidine groups is 1. The maximum atomic E-state index is 13.4. The van der Waals surface area contributed by atoms with Gasteiger partial charge in [0.15, 0.2) is 0 Å². The molecule has 2 atom stereocenters. The van der Waals surface area contributed by atoms with Crippen LogP contribution in [-0.4, -0.2) is 30.0 Å². The summed E-state index contributed by atoms with van der Waals surface area (Å²) in [5, 5.41) is 15.4. The standard InChI is InChI=1S/C18H17FN4O2/c19-11-6-4-10(5-7-11)15-14(17(20)22-25)12-2-1-3-13-16(12)23(15)9-8-21-18(13)24/h1-7,14-15,25H,8-9H2,(H2,20,22)(H,21,24). The fraction of sp³-hybridized carbons (Fsp3) is 0.222. The molecule has 0 fully saturated rings. The van der Waals surface area contributed by atoms with Crippen LogP contribution >= 0.6 is 0 Å². The van der Waals surface area contributed by atoms with Gasteiger partial charge in [-0.05, 0) is 29.3 Å². The van der Waals surface area contributed by atoms with E-state index in [0.717, 1.165) is 16.8 Å². The number of nitrogens with one attached hydrogen (secondary N) is 1. The lowest BCUT2D eigenvalue weighted by Gasteiger charge is -2.30. The van der Waals surface area contributed by atoms with E-state index in [-0.39, 0.29) is 23.6 Å². The minimum Gasteiger partial charge on any atom is -0.409 e. The number of hydrogen-bond donors (Lipinski definition) is 3. The molecule has 128 valence electrons. The van der Waals surface area contributed by atoms with Crippen molar-refractivity contribution in [3.63, 3.8) is 0 Å². The molecule has 1 amide bonds. The molecule has 2 heterocycles. The van der Waals surface area contributed by atoms with Crippen molar-refractivity contribution in [2.45, 2.75) is 12.0 Å². The van der Waals surface area contributed by atoms with Gasteiger partial charge in [-0.2, -0.15) is 0 Å². The molecule has 0 saturated heterocycles. The molecule has 0 saturated carbocycles. The zero-order valence-corrected chi connectivity index (χ0v) is 13.3. The summed E-state index contributed by atoms with van der Waals surface area (Å²) in [5.41, 5.74) is 9.05. The molecule has 0 aliphatic carbocycles. The van der Waals surface area contributed by atoms with Crippen LogP contribution < -0.4 is 16.0 Å². The average molecular weight is 340 g/mol. The van der Waals surface area contributed by atoms with Crippen molar-refractivity contribution in [1.82, 2.24) is 5.32 Å². The zero-order valence-electron chi connectivity index (χ0n) is 13.3. The van der Waals surface area contributed by atoms with Gasteiger partial charge in [-0.1, -0.05) is 29.4 Å². The summed E-state index contributed by atoms with van der Waals surface area (Å²) in [6.07, 6.45) is 0. The third-order valence-electron chi connectivity index (χ3n) is 4.87. The van der Waals surface area contributed by atoms with Gasteiger partial charge in [0, 0.05) is 13.1 Å². The Labute approximate surface area is 143 Å². The highest BCUT2D eigenvalue weighted by molar-refractivity contribution is 6.04. The van der Waals surface area contributed by atoms with E-state index in [2.05, 4.69) is 15.4 Å². The smallest absolute Gasteiger partial charge is 0.253 e. The second-order valence-corrected chi connectivity index (χ2v) is 6.19. The first-order chi connectivity index (χ1) is 12.1. The summed E-state index contributed by atoms with van der Waals surface area (Å²) in [4.78, 5) is 14.4. The van der Waals surface area contributed by atoms with Crippen molar-refractivity contribution in [3.8, 4) is 0 Å². The first-order valence-corrected chi connectivity index (χ1v) is 8.02. The second-order valence-electron chi connectivity index (χ2n) is 6.19. The minimum absolute atomic E-state index is 0.0659. The molecular formula is C18H17FN4O2. The van der Waals surface area contributed by atoms with Crippen LogP contribution in [0.5, 0.6) is 0 Å². The SMILES string of the molecule is N/C(=N/O)C1c2cccc3c2N(CCNC3=O)C1c1ccc(F)cc1. The molecule has 2 aliphatic heterocycles. The van der Waals surface area contributed by atoms with Crippen LogP contribution in [0.25, 0.3) is 0 Å². The number of benzene rings is 2. The molecular weight excluding hydrogens is 323 g/mol. The van der Waals surface area contributed by atoms with E-state index in [1.54, 1.807) is 24.3 Å². The van der Waals surface area contributed by atoms with Crippen LogP contribution in [0.4, 0.5) is 10.1 Å². The Hall–Kier alpha value is -3.09. The molecule has 7 heteroatoms. The van der Waals surface area contributed by atoms with Crippen LogP contribution in [-0.2, 0) is 0 Å². The predicted molar refractivity (Wildman–Crippen MR) is 91.4 cm³/mol. The van der Waals surface area contributed by atoms with Gasteiger partial charge in [0.05, 0.1) is 23.2 Å². The van der Waals surface area contributed by atoms with E-state index in [1.165, 1.54) is 12.1 Å². The number of amides is 1. The Morgan fingerprint density at radius 1 is 1.28 bits per heavy atom. The summed E-state index contributed by atoms with van der Waals surface area (Å²) >= 11 is 0. The van der Waals surface area contributed by atoms with Gasteiger partial charge in [0.1, 0.15) is 11.7 Å². The van der Waals surface area contributed by atoms with Crippen LogP contribution in [0, 0.1) is 5.82 Å². The number of para-hydroxylation sites is 1. The van der Waals surface area contributed by atoms with E-state index in [0.29, 0.717) is 18.7 Å². The van der Waals surface area contributed by atoms with Crippen LogP contribution in [0.1, 0.15) is 33.4 Å². The molecule has 0 aromatic heterocycles. The quantitative estimate of drug-likeness (QED) is 0.337. The number of halogens is 1. The van der Waals surface area contributed by atoms with Crippen LogP contribution in [0.15, 0.2) is 47.6 Å². The van der Waals surface area contributed by atoms with Gasteiger partial charge >= 0.3 is 0 Å². The number of carbonyl (C=O) groups excluding carboxylic acids is 1. The summed E-state index contributed by atoms with van der Waals surface area (Å²) in [7, 11) is 0. The first kappa shape index (κ1) is 15.4. The summed E-state index contributed by atoms with van der Waals surface area (Å²) in [5.74, 6) is -0.821. The van der Waals surface area contributed by atoms with Crippen LogP contribution in [0.2, 0.25) is 0 Å². The Bertz CT molecular complexity index is 866. The third kappa shape index (κ3) is 2.31. The van der Waals surface area contributed by atoms with E-state index >= 15 is 0 Å². The van der Waals surface area contributed by atoms with Crippen molar-refractivity contribution in [1.29, 1.82) is 0 Å². The number of anilines is 1. The topological polar surface area (TPSA) is 90.9 Å². The van der Waals surface area contributed by atoms with Gasteiger partial charge in [-0.25, -0.2) is 4.39 Å². The highest BCUT2D eigenvalue weighted by Gasteiger charge is 2.44. The number of oxime groups is 1. The monoisotopic (exact) mass is 340 g/mol. The summed E-state index contributed by atoms with van der Waals surface area (Å²) < 4.78 is 13.4. The van der Waals surface area contributed by atoms with Crippen molar-refractivity contribution in [3.05, 3.63) is 65.0 Å². The summed E-state index contributed by atoms with van der Waals surface area (Å²) in [6.45, 7) is 1.06. The van der Waals surface area contributed by atoms with E-state index in [4.69, 9.17) is 5.73 Å². The lowest BCUT2D eigenvalue weighted by atomic mass is 9.88. The average Bonchev–Trinajstić information content (AvgIpc) is 2.86. The number of hydrogen-bond acceptors (Lipinski definition) is 4. The van der Waals surface area contributed by atoms with Crippen molar-refractivity contribution in [2.24, 2.45) is 10.9 Å². The fourth-order valence-electron chi connectivity index (χ4n) is 3.86. The van der Waals surface area contributed by atoms with Crippen molar-refractivity contribution in [2.75, 3.05) is 18.0 Å². The lowest BCUT2D eigenvalue weighted by molar-refractivity contribution is 0.0958. The predicted octanol–water partition coefficient (Wildman–Crippen LogP) is 1.96. The van der Waals surface area contributed by atoms with E-state index in [1.807, 2.05) is 6.07 Å². The van der Waals surface area contributed by atoms with E-state index in [9.17, 15) is 14.4 Å². The van der Waals surface area contributed by atoms with Crippen molar-refractivity contribution < 1.29 is 14.4 Å². The number of nitrogens with two attached hydrogens (primary N) is 1. The summed E-state index contributed by atoms with van der Waals surface area (Å²) in [6, 6.07) is 11.3. The molecule has 2 aromatic carbocycles. The number of nitrogens with zero attached hydrogens (tertiary/aromatic N) is 2. The Morgan fingerprint density at radius 3 is 2.76 bits per heavy atom. The number of rotatable bonds is 2. The van der Waals surface area contributed by atoms with Gasteiger partial charge in [-0.15, -0.1) is 0 Å². The highest BCUT2D eigenvalue weighted by Crippen LogP contribution is 2.50. The van der Waals surface area contributed by atoms with Gasteiger partial charge in [0.25, 0.3) is 5.91 Å². The molecule has 0 bridgehead atoms. The normalized spacial score (nSPS) is 22.4.